The quantitative estimate of drug-likeness (QED) is 0.715. The third-order valence-electron chi connectivity index (χ3n) is 2.18. The van der Waals surface area contributed by atoms with Gasteiger partial charge in [0.15, 0.2) is 0 Å². The summed E-state index contributed by atoms with van der Waals surface area (Å²) in [5.41, 5.74) is 0.349. The van der Waals surface area contributed by atoms with Gasteiger partial charge in [-0.25, -0.2) is 18.6 Å². The largest absolute Gasteiger partial charge is 0.441 e. The highest BCUT2D eigenvalue weighted by Crippen LogP contribution is 2.10. The van der Waals surface area contributed by atoms with Crippen molar-refractivity contribution in [3.8, 4) is 11.5 Å². The minimum absolute atomic E-state index is 0.0426. The van der Waals surface area contributed by atoms with Gasteiger partial charge in [-0.2, -0.15) is 0 Å². The lowest BCUT2D eigenvalue weighted by atomic mass is 10.4. The Morgan fingerprint density at radius 1 is 1.42 bits per heavy atom. The highest BCUT2D eigenvalue weighted by Gasteiger charge is 2.14. The van der Waals surface area contributed by atoms with Crippen LogP contribution >= 0.6 is 0 Å². The molecule has 0 N–H and O–H groups in total. The van der Waals surface area contributed by atoms with Crippen molar-refractivity contribution in [3.05, 3.63) is 29.1 Å². The minimum Gasteiger partial charge on any atom is -0.374 e. The van der Waals surface area contributed by atoms with E-state index in [1.165, 1.54) is 18.6 Å². The molecule has 0 saturated carbocycles. The molecule has 0 amide bonds. The summed E-state index contributed by atoms with van der Waals surface area (Å²) in [5.74, 6) is -0.528. The number of hydrogen-bond donors (Lipinski definition) is 0. The third-order valence-corrected chi connectivity index (χ3v) is 2.18. The number of nitrogens with zero attached hydrogens (tertiary/aromatic N) is 4. The summed E-state index contributed by atoms with van der Waals surface area (Å²) < 4.78 is 34.1. The number of hydrogen-bond acceptors (Lipinski definition) is 6. The predicted octanol–water partition coefficient (Wildman–Crippen LogP) is 0.575. The molecule has 0 bridgehead atoms. The zero-order valence-corrected chi connectivity index (χ0v) is 9.70. The first-order valence-electron chi connectivity index (χ1n) is 5.37. The van der Waals surface area contributed by atoms with E-state index in [0.29, 0.717) is 5.69 Å². The first kappa shape index (κ1) is 13.3. The summed E-state index contributed by atoms with van der Waals surface area (Å²) in [6.45, 7) is -0.694. The van der Waals surface area contributed by atoms with Crippen LogP contribution in [-0.4, -0.2) is 39.3 Å². The van der Waals surface area contributed by atoms with Crippen molar-refractivity contribution in [1.29, 1.82) is 0 Å². The van der Waals surface area contributed by atoms with Crippen LogP contribution in [0, 0.1) is 0 Å². The lowest BCUT2D eigenvalue weighted by molar-refractivity contribution is 0.0145. The van der Waals surface area contributed by atoms with E-state index in [4.69, 9.17) is 4.74 Å². The highest BCUT2D eigenvalue weighted by atomic mass is 19.3. The second-order valence-corrected chi connectivity index (χ2v) is 3.48. The van der Waals surface area contributed by atoms with Gasteiger partial charge in [-0.15, -0.1) is 0 Å². The fourth-order valence-electron chi connectivity index (χ4n) is 1.39. The van der Waals surface area contributed by atoms with E-state index >= 15 is 0 Å². The van der Waals surface area contributed by atoms with Crippen molar-refractivity contribution in [2.75, 3.05) is 13.2 Å². The molecule has 0 aliphatic heterocycles. The molecule has 0 unspecified atom stereocenters. The Kier molecular flexibility index (Phi) is 4.29. The van der Waals surface area contributed by atoms with Gasteiger partial charge in [0, 0.05) is 12.4 Å². The average molecular weight is 272 g/mol. The van der Waals surface area contributed by atoms with Crippen LogP contribution in [-0.2, 0) is 11.3 Å². The first-order chi connectivity index (χ1) is 9.18. The average Bonchev–Trinajstić information content (AvgIpc) is 2.77. The summed E-state index contributed by atoms with van der Waals surface area (Å²) in [5, 5.41) is 3.57. The zero-order valence-electron chi connectivity index (χ0n) is 9.70. The molecule has 0 aliphatic carbocycles. The van der Waals surface area contributed by atoms with Gasteiger partial charge in [-0.1, -0.05) is 5.16 Å². The molecule has 102 valence electrons. The molecule has 0 saturated heterocycles. The third kappa shape index (κ3) is 3.41. The lowest BCUT2D eigenvalue weighted by Crippen LogP contribution is -2.20. The minimum atomic E-state index is -2.54. The summed E-state index contributed by atoms with van der Waals surface area (Å²) in [6, 6.07) is 0. The Morgan fingerprint density at radius 3 is 2.95 bits per heavy atom. The highest BCUT2D eigenvalue weighted by molar-refractivity contribution is 5.46. The van der Waals surface area contributed by atoms with Crippen molar-refractivity contribution in [3.63, 3.8) is 0 Å². The topological polar surface area (TPSA) is 83.0 Å². The molecular weight excluding hydrogens is 262 g/mol. The molecule has 2 aromatic heterocycles. The number of halogens is 2. The predicted molar refractivity (Wildman–Crippen MR) is 58.6 cm³/mol. The SMILES string of the molecule is O=c1onc(-c2cnccn2)n1CCOCC(F)F. The Labute approximate surface area is 105 Å². The fourth-order valence-corrected chi connectivity index (χ4v) is 1.39. The van der Waals surface area contributed by atoms with Crippen LogP contribution in [0.4, 0.5) is 8.78 Å². The van der Waals surface area contributed by atoms with Crippen molar-refractivity contribution in [1.82, 2.24) is 19.7 Å². The van der Waals surface area contributed by atoms with Crippen LogP contribution in [0.3, 0.4) is 0 Å². The number of alkyl halides is 2. The van der Waals surface area contributed by atoms with Gasteiger partial charge in [-0.05, 0) is 0 Å². The molecule has 2 rings (SSSR count). The second-order valence-electron chi connectivity index (χ2n) is 3.48. The van der Waals surface area contributed by atoms with Crippen LogP contribution in [0.5, 0.6) is 0 Å². The van der Waals surface area contributed by atoms with E-state index in [0.717, 1.165) is 4.57 Å². The van der Waals surface area contributed by atoms with Crippen LogP contribution < -0.4 is 5.76 Å². The lowest BCUT2D eigenvalue weighted by Gasteiger charge is -2.04. The van der Waals surface area contributed by atoms with Crippen LogP contribution in [0.15, 0.2) is 27.9 Å². The molecule has 0 spiro atoms. The molecule has 2 heterocycles. The van der Waals surface area contributed by atoms with E-state index in [1.54, 1.807) is 0 Å². The fraction of sp³-hybridized carbons (Fsp3) is 0.400. The van der Waals surface area contributed by atoms with Crippen molar-refractivity contribution >= 4 is 0 Å². The van der Waals surface area contributed by atoms with Crippen LogP contribution in [0.25, 0.3) is 11.5 Å². The standard InChI is InChI=1S/C10H10F2N4O3/c11-8(12)6-18-4-3-16-9(15-19-10(16)17)7-5-13-1-2-14-7/h1-2,5,8H,3-4,6H2. The van der Waals surface area contributed by atoms with Crippen molar-refractivity contribution in [2.45, 2.75) is 13.0 Å². The van der Waals surface area contributed by atoms with Gasteiger partial charge in [0.25, 0.3) is 6.43 Å². The molecule has 7 nitrogen and oxygen atoms in total. The molecule has 0 radical (unpaired) electrons. The van der Waals surface area contributed by atoms with Crippen LogP contribution in [0.2, 0.25) is 0 Å². The monoisotopic (exact) mass is 272 g/mol. The van der Waals surface area contributed by atoms with Crippen molar-refractivity contribution < 1.29 is 18.0 Å². The summed E-state index contributed by atoms with van der Waals surface area (Å²) in [7, 11) is 0. The summed E-state index contributed by atoms with van der Waals surface area (Å²) in [4.78, 5) is 19.2. The number of ether oxygens (including phenoxy) is 1. The van der Waals surface area contributed by atoms with E-state index in [2.05, 4.69) is 19.6 Å². The maximum atomic E-state index is 11.9. The molecule has 9 heteroatoms. The maximum absolute atomic E-state index is 11.9. The smallest absolute Gasteiger partial charge is 0.374 e. The van der Waals surface area contributed by atoms with Gasteiger partial charge < -0.3 is 4.74 Å². The van der Waals surface area contributed by atoms with E-state index in [1.807, 2.05) is 0 Å². The molecule has 0 atom stereocenters. The molecule has 2 aromatic rings. The summed E-state index contributed by atoms with van der Waals surface area (Å²) in [6.07, 6.45) is 1.77. The van der Waals surface area contributed by atoms with E-state index in [9.17, 15) is 13.6 Å². The van der Waals surface area contributed by atoms with E-state index in [-0.39, 0.29) is 19.0 Å². The normalized spacial score (nSPS) is 11.1. The zero-order chi connectivity index (χ0) is 13.7. The second kappa shape index (κ2) is 6.14. The van der Waals surface area contributed by atoms with E-state index < -0.39 is 18.8 Å². The van der Waals surface area contributed by atoms with Gasteiger partial charge in [-0.3, -0.25) is 14.1 Å². The van der Waals surface area contributed by atoms with Gasteiger partial charge in [0.05, 0.1) is 19.3 Å². The summed E-state index contributed by atoms with van der Waals surface area (Å²) >= 11 is 0. The maximum Gasteiger partial charge on any atom is 0.441 e. The number of aromatic nitrogens is 4. The Hall–Kier alpha value is -2.16. The number of rotatable bonds is 6. The van der Waals surface area contributed by atoms with Crippen molar-refractivity contribution in [2.24, 2.45) is 0 Å². The first-order valence-corrected chi connectivity index (χ1v) is 5.37. The van der Waals surface area contributed by atoms with Gasteiger partial charge in [0.2, 0.25) is 5.82 Å². The Balaban J connectivity index is 2.08. The Bertz CT molecular complexity index is 570. The molecular formula is C10H10F2N4O3. The van der Waals surface area contributed by atoms with Gasteiger partial charge >= 0.3 is 5.76 Å². The molecule has 0 aliphatic rings. The molecule has 0 fully saturated rings. The van der Waals surface area contributed by atoms with Crippen LogP contribution in [0.1, 0.15) is 0 Å². The molecule has 0 aromatic carbocycles. The van der Waals surface area contributed by atoms with Gasteiger partial charge in [0.1, 0.15) is 12.3 Å². The molecule has 19 heavy (non-hydrogen) atoms. The Morgan fingerprint density at radius 2 is 2.26 bits per heavy atom.